The Kier molecular flexibility index (Phi) is 5.73. The van der Waals surface area contributed by atoms with Gasteiger partial charge >= 0.3 is 5.97 Å². The first kappa shape index (κ1) is 15.6. The number of carbonyl (C=O) groups is 1. The summed E-state index contributed by atoms with van der Waals surface area (Å²) < 4.78 is 11.3. The van der Waals surface area contributed by atoms with Crippen molar-refractivity contribution in [3.05, 3.63) is 12.2 Å². The molecular weight excluding hydrogens is 248 g/mol. The third-order valence-electron chi connectivity index (χ3n) is 3.27. The zero-order chi connectivity index (χ0) is 13.8. The van der Waals surface area contributed by atoms with Crippen molar-refractivity contribution in [2.45, 2.75) is 57.0 Å². The van der Waals surface area contributed by atoms with Crippen molar-refractivity contribution in [3.8, 4) is 0 Å². The molecule has 18 heavy (non-hydrogen) atoms. The van der Waals surface area contributed by atoms with Crippen molar-refractivity contribution in [1.29, 1.82) is 0 Å². The molecule has 0 aromatic carbocycles. The standard InChI is InChI=1S/C14H24O3S/c1-6-16-11-7-12(18-5)9-14(4,8-11)17-13(15)10(2)3/h11-12H,2,6-9H2,1,3-5H3. The Hall–Kier alpha value is -0.480. The smallest absolute Gasteiger partial charge is 0.333 e. The molecule has 3 unspecified atom stereocenters. The largest absolute Gasteiger partial charge is 0.456 e. The van der Waals surface area contributed by atoms with Gasteiger partial charge in [0.1, 0.15) is 5.60 Å². The minimum absolute atomic E-state index is 0.184. The summed E-state index contributed by atoms with van der Waals surface area (Å²) in [7, 11) is 0. The Morgan fingerprint density at radius 2 is 2.17 bits per heavy atom. The molecule has 104 valence electrons. The van der Waals surface area contributed by atoms with Gasteiger partial charge in [0, 0.05) is 23.9 Å². The van der Waals surface area contributed by atoms with Crippen LogP contribution in [0.15, 0.2) is 12.2 Å². The summed E-state index contributed by atoms with van der Waals surface area (Å²) >= 11 is 1.82. The van der Waals surface area contributed by atoms with Gasteiger partial charge in [-0.25, -0.2) is 4.79 Å². The fraction of sp³-hybridized carbons (Fsp3) is 0.786. The number of hydrogen-bond donors (Lipinski definition) is 0. The van der Waals surface area contributed by atoms with E-state index in [0.29, 0.717) is 17.4 Å². The highest BCUT2D eigenvalue weighted by molar-refractivity contribution is 7.99. The Bertz CT molecular complexity index is 316. The average molecular weight is 272 g/mol. The number of rotatable bonds is 5. The summed E-state index contributed by atoms with van der Waals surface area (Å²) in [6, 6.07) is 0. The minimum atomic E-state index is -0.429. The monoisotopic (exact) mass is 272 g/mol. The lowest BCUT2D eigenvalue weighted by Gasteiger charge is -2.41. The Morgan fingerprint density at radius 3 is 2.67 bits per heavy atom. The van der Waals surface area contributed by atoms with Crippen LogP contribution in [0.1, 0.15) is 40.0 Å². The maximum absolute atomic E-state index is 11.7. The lowest BCUT2D eigenvalue weighted by Crippen LogP contribution is -2.44. The van der Waals surface area contributed by atoms with Crippen LogP contribution in [0.4, 0.5) is 0 Å². The highest BCUT2D eigenvalue weighted by atomic mass is 32.2. The van der Waals surface area contributed by atoms with E-state index >= 15 is 0 Å². The minimum Gasteiger partial charge on any atom is -0.456 e. The molecule has 0 N–H and O–H groups in total. The molecule has 1 fully saturated rings. The van der Waals surface area contributed by atoms with Crippen LogP contribution in [0.5, 0.6) is 0 Å². The van der Waals surface area contributed by atoms with Crippen LogP contribution in [0.2, 0.25) is 0 Å². The molecular formula is C14H24O3S. The number of ether oxygens (including phenoxy) is 2. The van der Waals surface area contributed by atoms with Crippen molar-refractivity contribution in [3.63, 3.8) is 0 Å². The maximum atomic E-state index is 11.7. The summed E-state index contributed by atoms with van der Waals surface area (Å²) in [6.45, 7) is 10.0. The molecule has 0 aromatic heterocycles. The molecule has 1 saturated carbocycles. The van der Waals surface area contributed by atoms with Gasteiger partial charge in [0.05, 0.1) is 6.10 Å². The number of hydrogen-bond acceptors (Lipinski definition) is 4. The van der Waals surface area contributed by atoms with Crippen LogP contribution in [0.25, 0.3) is 0 Å². The van der Waals surface area contributed by atoms with Crippen molar-refractivity contribution < 1.29 is 14.3 Å². The third-order valence-corrected chi connectivity index (χ3v) is 4.29. The molecule has 0 aromatic rings. The second kappa shape index (κ2) is 6.62. The molecule has 0 radical (unpaired) electrons. The fourth-order valence-corrected chi connectivity index (χ4v) is 3.37. The Balaban J connectivity index is 2.71. The zero-order valence-electron chi connectivity index (χ0n) is 11.8. The van der Waals surface area contributed by atoms with E-state index in [1.165, 1.54) is 0 Å². The first-order valence-electron chi connectivity index (χ1n) is 6.43. The van der Waals surface area contributed by atoms with Gasteiger partial charge in [0.25, 0.3) is 0 Å². The molecule has 0 spiro atoms. The average Bonchev–Trinajstić information content (AvgIpc) is 2.27. The van der Waals surface area contributed by atoms with Gasteiger partial charge in [-0.3, -0.25) is 0 Å². The van der Waals surface area contributed by atoms with E-state index in [1.54, 1.807) is 6.92 Å². The van der Waals surface area contributed by atoms with Gasteiger partial charge in [-0.1, -0.05) is 6.58 Å². The first-order chi connectivity index (χ1) is 8.40. The van der Waals surface area contributed by atoms with E-state index in [4.69, 9.17) is 9.47 Å². The lowest BCUT2D eigenvalue weighted by atomic mass is 9.83. The third kappa shape index (κ3) is 4.32. The molecule has 1 aliphatic rings. The molecule has 3 nitrogen and oxygen atoms in total. The first-order valence-corrected chi connectivity index (χ1v) is 7.72. The molecule has 4 heteroatoms. The van der Waals surface area contributed by atoms with Crippen LogP contribution >= 0.6 is 11.8 Å². The van der Waals surface area contributed by atoms with E-state index in [0.717, 1.165) is 19.3 Å². The fourth-order valence-electron chi connectivity index (χ4n) is 2.44. The molecule has 0 bridgehead atoms. The van der Waals surface area contributed by atoms with Crippen LogP contribution in [-0.2, 0) is 14.3 Å². The van der Waals surface area contributed by atoms with Crippen LogP contribution in [0, 0.1) is 0 Å². The van der Waals surface area contributed by atoms with Gasteiger partial charge in [-0.05, 0) is 39.9 Å². The second-order valence-corrected chi connectivity index (χ2v) is 6.34. The Labute approximate surface area is 114 Å². The highest BCUT2D eigenvalue weighted by Crippen LogP contribution is 2.38. The van der Waals surface area contributed by atoms with Crippen molar-refractivity contribution in [2.24, 2.45) is 0 Å². The van der Waals surface area contributed by atoms with Crippen molar-refractivity contribution in [1.82, 2.24) is 0 Å². The Morgan fingerprint density at radius 1 is 1.50 bits per heavy atom. The van der Waals surface area contributed by atoms with E-state index in [1.807, 2.05) is 25.6 Å². The predicted molar refractivity (Wildman–Crippen MR) is 75.9 cm³/mol. The molecule has 0 aliphatic heterocycles. The summed E-state index contributed by atoms with van der Waals surface area (Å²) in [5, 5.41) is 0.484. The summed E-state index contributed by atoms with van der Waals surface area (Å²) in [5.74, 6) is -0.297. The normalized spacial score (nSPS) is 32.0. The summed E-state index contributed by atoms with van der Waals surface area (Å²) in [5.41, 5.74) is 0.0254. The maximum Gasteiger partial charge on any atom is 0.333 e. The molecule has 3 atom stereocenters. The van der Waals surface area contributed by atoms with E-state index in [9.17, 15) is 4.79 Å². The lowest BCUT2D eigenvalue weighted by molar-refractivity contribution is -0.160. The number of carbonyl (C=O) groups excluding carboxylic acids is 1. The van der Waals surface area contributed by atoms with Crippen LogP contribution in [0.3, 0.4) is 0 Å². The quantitative estimate of drug-likeness (QED) is 0.569. The number of esters is 1. The molecule has 1 aliphatic carbocycles. The molecule has 1 rings (SSSR count). The molecule has 0 heterocycles. The molecule has 0 amide bonds. The summed E-state index contributed by atoms with van der Waals surface area (Å²) in [4.78, 5) is 11.7. The van der Waals surface area contributed by atoms with Gasteiger partial charge < -0.3 is 9.47 Å². The van der Waals surface area contributed by atoms with Crippen molar-refractivity contribution in [2.75, 3.05) is 12.9 Å². The summed E-state index contributed by atoms with van der Waals surface area (Å²) in [6.07, 6.45) is 4.98. The van der Waals surface area contributed by atoms with Gasteiger partial charge in [-0.2, -0.15) is 11.8 Å². The number of thioether (sulfide) groups is 1. The van der Waals surface area contributed by atoms with Crippen LogP contribution < -0.4 is 0 Å². The van der Waals surface area contributed by atoms with Gasteiger partial charge in [-0.15, -0.1) is 0 Å². The zero-order valence-corrected chi connectivity index (χ0v) is 12.6. The predicted octanol–water partition coefficient (Wildman–Crippen LogP) is 3.19. The van der Waals surface area contributed by atoms with E-state index in [2.05, 4.69) is 12.8 Å². The SMILES string of the molecule is C=C(C)C(=O)OC1(C)CC(OCC)CC(SC)C1. The highest BCUT2D eigenvalue weighted by Gasteiger charge is 2.40. The van der Waals surface area contributed by atoms with E-state index in [-0.39, 0.29) is 12.1 Å². The van der Waals surface area contributed by atoms with E-state index < -0.39 is 5.60 Å². The van der Waals surface area contributed by atoms with Crippen LogP contribution in [-0.4, -0.2) is 35.8 Å². The second-order valence-electron chi connectivity index (χ2n) is 5.20. The van der Waals surface area contributed by atoms with Gasteiger partial charge in [0.2, 0.25) is 0 Å². The topological polar surface area (TPSA) is 35.5 Å². The van der Waals surface area contributed by atoms with Gasteiger partial charge in [0.15, 0.2) is 0 Å². The molecule has 0 saturated heterocycles. The van der Waals surface area contributed by atoms with Crippen molar-refractivity contribution >= 4 is 17.7 Å².